The number of rotatable bonds is 5. The molecule has 1 rings (SSSR count). The highest BCUT2D eigenvalue weighted by Gasteiger charge is 1.99. The van der Waals surface area contributed by atoms with Gasteiger partial charge >= 0.3 is 0 Å². The number of unbranched alkanes of at least 4 members (excludes halogenated alkanes) is 1. The van der Waals surface area contributed by atoms with Crippen molar-refractivity contribution in [1.29, 1.82) is 0 Å². The number of aromatic nitrogens is 1. The number of ether oxygens (including phenoxy) is 1. The largest absolute Gasteiger partial charge is 0.385 e. The molecule has 1 aromatic heterocycles. The molecule has 0 aromatic carbocycles. The zero-order chi connectivity index (χ0) is 9.68. The fraction of sp³-hybridized carbons (Fsp3) is 0.636. The second kappa shape index (κ2) is 5.07. The van der Waals surface area contributed by atoms with Crippen molar-refractivity contribution in [3.63, 3.8) is 0 Å². The van der Waals surface area contributed by atoms with E-state index in [1.165, 1.54) is 17.8 Å². The fourth-order valence-corrected chi connectivity index (χ4v) is 1.57. The second-order valence-corrected chi connectivity index (χ2v) is 3.47. The van der Waals surface area contributed by atoms with Gasteiger partial charge in [0.1, 0.15) is 0 Å². The summed E-state index contributed by atoms with van der Waals surface area (Å²) in [6, 6.07) is 4.34. The Kier molecular flexibility index (Phi) is 4.03. The molecule has 0 aliphatic carbocycles. The Labute approximate surface area is 80.5 Å². The summed E-state index contributed by atoms with van der Waals surface area (Å²) in [7, 11) is 1.76. The normalized spacial score (nSPS) is 10.7. The van der Waals surface area contributed by atoms with Gasteiger partial charge in [0.2, 0.25) is 0 Å². The van der Waals surface area contributed by atoms with Crippen LogP contribution < -0.4 is 0 Å². The van der Waals surface area contributed by atoms with E-state index < -0.39 is 0 Å². The molecule has 0 N–H and O–H groups in total. The van der Waals surface area contributed by atoms with Gasteiger partial charge in [0.25, 0.3) is 0 Å². The van der Waals surface area contributed by atoms with Gasteiger partial charge in [-0.25, -0.2) is 0 Å². The summed E-state index contributed by atoms with van der Waals surface area (Å²) in [6.07, 6.45) is 2.34. The molecule has 0 saturated carbocycles. The van der Waals surface area contributed by atoms with Crippen LogP contribution in [-0.4, -0.2) is 18.3 Å². The Morgan fingerprint density at radius 3 is 2.31 bits per heavy atom. The third kappa shape index (κ3) is 2.88. The predicted octanol–water partition coefficient (Wildman–Crippen LogP) is 2.53. The van der Waals surface area contributed by atoms with Crippen LogP contribution >= 0.6 is 0 Å². The molecule has 0 unspecified atom stereocenters. The van der Waals surface area contributed by atoms with Crippen LogP contribution in [0.25, 0.3) is 0 Å². The highest BCUT2D eigenvalue weighted by molar-refractivity contribution is 5.13. The van der Waals surface area contributed by atoms with Crippen LogP contribution in [0.5, 0.6) is 0 Å². The van der Waals surface area contributed by atoms with Crippen molar-refractivity contribution in [3.8, 4) is 0 Å². The molecule has 0 spiro atoms. The Bertz CT molecular complexity index is 233. The van der Waals surface area contributed by atoms with Crippen LogP contribution in [0.3, 0.4) is 0 Å². The Morgan fingerprint density at radius 1 is 1.15 bits per heavy atom. The van der Waals surface area contributed by atoms with Gasteiger partial charge in [-0.1, -0.05) is 0 Å². The quantitative estimate of drug-likeness (QED) is 0.637. The van der Waals surface area contributed by atoms with E-state index in [9.17, 15) is 0 Å². The van der Waals surface area contributed by atoms with Gasteiger partial charge in [0.05, 0.1) is 0 Å². The van der Waals surface area contributed by atoms with Crippen LogP contribution in [-0.2, 0) is 11.3 Å². The van der Waals surface area contributed by atoms with E-state index in [4.69, 9.17) is 4.74 Å². The van der Waals surface area contributed by atoms with Crippen LogP contribution in [0.15, 0.2) is 12.1 Å². The molecule has 1 heterocycles. The maximum atomic E-state index is 5.01. The van der Waals surface area contributed by atoms with Gasteiger partial charge in [0.15, 0.2) is 0 Å². The topological polar surface area (TPSA) is 14.2 Å². The zero-order valence-electron chi connectivity index (χ0n) is 8.84. The van der Waals surface area contributed by atoms with Gasteiger partial charge in [-0.3, -0.25) is 0 Å². The number of methoxy groups -OCH3 is 1. The molecule has 13 heavy (non-hydrogen) atoms. The Hall–Kier alpha value is -0.760. The first-order valence-electron chi connectivity index (χ1n) is 4.87. The molecule has 0 amide bonds. The minimum atomic E-state index is 0.874. The number of hydrogen-bond donors (Lipinski definition) is 0. The van der Waals surface area contributed by atoms with E-state index in [1.807, 2.05) is 0 Å². The highest BCUT2D eigenvalue weighted by Crippen LogP contribution is 2.08. The average Bonchev–Trinajstić information content (AvgIpc) is 2.42. The molecule has 0 aliphatic heterocycles. The van der Waals surface area contributed by atoms with E-state index in [2.05, 4.69) is 30.5 Å². The zero-order valence-corrected chi connectivity index (χ0v) is 8.84. The molecule has 0 radical (unpaired) electrons. The lowest BCUT2D eigenvalue weighted by atomic mass is 10.3. The number of nitrogens with zero attached hydrogens (tertiary/aromatic N) is 1. The monoisotopic (exact) mass is 181 g/mol. The van der Waals surface area contributed by atoms with E-state index in [-0.39, 0.29) is 0 Å². The van der Waals surface area contributed by atoms with E-state index in [0.29, 0.717) is 0 Å². The summed E-state index contributed by atoms with van der Waals surface area (Å²) in [5.74, 6) is 0. The molecule has 0 atom stereocenters. The molecule has 2 nitrogen and oxygen atoms in total. The van der Waals surface area contributed by atoms with E-state index in [1.54, 1.807) is 7.11 Å². The van der Waals surface area contributed by atoms with E-state index >= 15 is 0 Å². The van der Waals surface area contributed by atoms with Crippen molar-refractivity contribution >= 4 is 0 Å². The minimum Gasteiger partial charge on any atom is -0.385 e. The summed E-state index contributed by atoms with van der Waals surface area (Å²) in [4.78, 5) is 0. The Balaban J connectivity index is 2.36. The minimum absolute atomic E-state index is 0.874. The number of aryl methyl sites for hydroxylation is 2. The summed E-state index contributed by atoms with van der Waals surface area (Å²) in [5, 5.41) is 0. The SMILES string of the molecule is COCCCCn1c(C)ccc1C. The van der Waals surface area contributed by atoms with Crippen LogP contribution in [0.4, 0.5) is 0 Å². The van der Waals surface area contributed by atoms with Crippen molar-refractivity contribution in [2.24, 2.45) is 0 Å². The average molecular weight is 181 g/mol. The lowest BCUT2D eigenvalue weighted by molar-refractivity contribution is 0.191. The lowest BCUT2D eigenvalue weighted by Gasteiger charge is -2.08. The van der Waals surface area contributed by atoms with Gasteiger partial charge in [-0.2, -0.15) is 0 Å². The van der Waals surface area contributed by atoms with Gasteiger partial charge in [0, 0.05) is 31.6 Å². The van der Waals surface area contributed by atoms with Crippen molar-refractivity contribution in [3.05, 3.63) is 23.5 Å². The van der Waals surface area contributed by atoms with Gasteiger partial charge < -0.3 is 9.30 Å². The third-order valence-corrected chi connectivity index (χ3v) is 2.40. The van der Waals surface area contributed by atoms with Crippen molar-refractivity contribution in [2.45, 2.75) is 33.2 Å². The fourth-order valence-electron chi connectivity index (χ4n) is 1.57. The number of hydrogen-bond acceptors (Lipinski definition) is 1. The summed E-state index contributed by atoms with van der Waals surface area (Å²) in [6.45, 7) is 6.31. The standard InChI is InChI=1S/C11H19NO/c1-10-6-7-11(2)12(10)8-4-5-9-13-3/h6-7H,4-5,8-9H2,1-3H3. The van der Waals surface area contributed by atoms with E-state index in [0.717, 1.165) is 19.6 Å². The first-order valence-corrected chi connectivity index (χ1v) is 4.87. The highest BCUT2D eigenvalue weighted by atomic mass is 16.5. The van der Waals surface area contributed by atoms with Gasteiger partial charge in [-0.15, -0.1) is 0 Å². The maximum absolute atomic E-state index is 5.01. The summed E-state index contributed by atoms with van der Waals surface area (Å²) < 4.78 is 7.37. The molecule has 0 bridgehead atoms. The third-order valence-electron chi connectivity index (χ3n) is 2.40. The first-order chi connectivity index (χ1) is 6.25. The lowest BCUT2D eigenvalue weighted by Crippen LogP contribution is -2.03. The molecule has 0 fully saturated rings. The van der Waals surface area contributed by atoms with Crippen LogP contribution in [0, 0.1) is 13.8 Å². The molecular formula is C11H19NO. The second-order valence-electron chi connectivity index (χ2n) is 3.47. The summed E-state index contributed by atoms with van der Waals surface area (Å²) >= 11 is 0. The Morgan fingerprint density at radius 2 is 1.77 bits per heavy atom. The molecular weight excluding hydrogens is 162 g/mol. The smallest absolute Gasteiger partial charge is 0.0462 e. The molecule has 2 heteroatoms. The molecule has 0 saturated heterocycles. The van der Waals surface area contributed by atoms with Crippen LogP contribution in [0.2, 0.25) is 0 Å². The molecule has 1 aromatic rings. The predicted molar refractivity (Wildman–Crippen MR) is 55.0 cm³/mol. The van der Waals surface area contributed by atoms with Gasteiger partial charge in [-0.05, 0) is 38.8 Å². The van der Waals surface area contributed by atoms with Crippen molar-refractivity contribution in [2.75, 3.05) is 13.7 Å². The summed E-state index contributed by atoms with van der Waals surface area (Å²) in [5.41, 5.74) is 2.71. The first kappa shape index (κ1) is 10.3. The molecule has 74 valence electrons. The van der Waals surface area contributed by atoms with Crippen molar-refractivity contribution in [1.82, 2.24) is 4.57 Å². The van der Waals surface area contributed by atoms with Crippen LogP contribution in [0.1, 0.15) is 24.2 Å². The maximum Gasteiger partial charge on any atom is 0.0462 e. The van der Waals surface area contributed by atoms with Crippen molar-refractivity contribution < 1.29 is 4.74 Å². The molecule has 0 aliphatic rings.